The van der Waals surface area contributed by atoms with Crippen LogP contribution < -0.4 is 10.1 Å². The summed E-state index contributed by atoms with van der Waals surface area (Å²) in [6, 6.07) is 8.62. The predicted molar refractivity (Wildman–Crippen MR) is 87.5 cm³/mol. The van der Waals surface area contributed by atoms with Crippen LogP contribution in [0, 0.1) is 5.92 Å². The lowest BCUT2D eigenvalue weighted by Crippen LogP contribution is -2.35. The molecule has 1 N–H and O–H groups in total. The third-order valence-electron chi connectivity index (χ3n) is 3.55. The molecule has 0 spiro atoms. The highest BCUT2D eigenvalue weighted by Gasteiger charge is 2.14. The van der Waals surface area contributed by atoms with Crippen molar-refractivity contribution < 1.29 is 4.74 Å². The highest BCUT2D eigenvalue weighted by atomic mass is 16.5. The fraction of sp³-hybridized carbons (Fsp3) is 0.667. The largest absolute Gasteiger partial charge is 0.489 e. The molecular formula is C18H31NO. The van der Waals surface area contributed by atoms with E-state index >= 15 is 0 Å². The van der Waals surface area contributed by atoms with Gasteiger partial charge in [-0.05, 0) is 49.4 Å². The molecule has 1 unspecified atom stereocenters. The molecule has 0 fully saturated rings. The third-order valence-corrected chi connectivity index (χ3v) is 3.55. The Hall–Kier alpha value is -1.02. The van der Waals surface area contributed by atoms with Gasteiger partial charge in [-0.25, -0.2) is 0 Å². The maximum atomic E-state index is 6.12. The number of rotatable bonds is 10. The molecule has 0 saturated carbocycles. The first-order chi connectivity index (χ1) is 9.67. The van der Waals surface area contributed by atoms with E-state index in [4.69, 9.17) is 4.74 Å². The second kappa shape index (κ2) is 9.82. The average Bonchev–Trinajstić information content (AvgIpc) is 2.45. The van der Waals surface area contributed by atoms with Gasteiger partial charge < -0.3 is 10.1 Å². The number of hydrogen-bond donors (Lipinski definition) is 1. The first kappa shape index (κ1) is 17.0. The average molecular weight is 277 g/mol. The molecule has 0 saturated heterocycles. The highest BCUT2D eigenvalue weighted by Crippen LogP contribution is 2.17. The van der Waals surface area contributed by atoms with E-state index in [-0.39, 0.29) is 6.10 Å². The van der Waals surface area contributed by atoms with Crippen molar-refractivity contribution in [3.63, 3.8) is 0 Å². The number of hydrogen-bond acceptors (Lipinski definition) is 2. The van der Waals surface area contributed by atoms with Crippen molar-refractivity contribution in [1.82, 2.24) is 5.32 Å². The van der Waals surface area contributed by atoms with Gasteiger partial charge in [-0.15, -0.1) is 0 Å². The van der Waals surface area contributed by atoms with Gasteiger partial charge in [-0.1, -0.05) is 46.2 Å². The molecule has 0 aliphatic carbocycles. The molecule has 1 aromatic rings. The lowest BCUT2D eigenvalue weighted by Gasteiger charge is -2.23. The Kier molecular flexibility index (Phi) is 8.36. The number of ether oxygens (including phenoxy) is 1. The van der Waals surface area contributed by atoms with Gasteiger partial charge in [0.15, 0.2) is 0 Å². The smallest absolute Gasteiger partial charge is 0.119 e. The van der Waals surface area contributed by atoms with Gasteiger partial charge >= 0.3 is 0 Å². The Morgan fingerprint density at radius 3 is 2.30 bits per heavy atom. The van der Waals surface area contributed by atoms with Gasteiger partial charge in [0.1, 0.15) is 11.9 Å². The van der Waals surface area contributed by atoms with Gasteiger partial charge in [0.05, 0.1) is 0 Å². The Morgan fingerprint density at radius 1 is 1.05 bits per heavy atom. The number of unbranched alkanes of at least 4 members (excludes halogenated alkanes) is 1. The lowest BCUT2D eigenvalue weighted by atomic mass is 10.1. The summed E-state index contributed by atoms with van der Waals surface area (Å²) in [5, 5.41) is 3.45. The molecule has 0 aromatic heterocycles. The zero-order chi connectivity index (χ0) is 14.8. The molecule has 2 heteroatoms. The SMILES string of the molecule is CCCCc1ccc(OC(CNCCC)C(C)C)cc1. The molecule has 2 nitrogen and oxygen atoms in total. The van der Waals surface area contributed by atoms with E-state index in [1.165, 1.54) is 24.8 Å². The molecule has 0 amide bonds. The Morgan fingerprint density at radius 2 is 1.75 bits per heavy atom. The maximum Gasteiger partial charge on any atom is 0.119 e. The van der Waals surface area contributed by atoms with E-state index < -0.39 is 0 Å². The predicted octanol–water partition coefficient (Wildman–Crippen LogP) is 4.43. The summed E-state index contributed by atoms with van der Waals surface area (Å²) in [6.45, 7) is 10.8. The molecule has 0 bridgehead atoms. The van der Waals surface area contributed by atoms with Crippen molar-refractivity contribution in [3.8, 4) is 5.75 Å². The number of benzene rings is 1. The molecule has 1 atom stereocenters. The summed E-state index contributed by atoms with van der Waals surface area (Å²) in [7, 11) is 0. The van der Waals surface area contributed by atoms with E-state index in [9.17, 15) is 0 Å². The van der Waals surface area contributed by atoms with E-state index in [0.717, 1.165) is 25.3 Å². The third kappa shape index (κ3) is 6.42. The van der Waals surface area contributed by atoms with Crippen molar-refractivity contribution in [2.24, 2.45) is 5.92 Å². The molecule has 0 aliphatic rings. The zero-order valence-corrected chi connectivity index (χ0v) is 13.6. The van der Waals surface area contributed by atoms with Crippen LogP contribution in [0.25, 0.3) is 0 Å². The molecule has 20 heavy (non-hydrogen) atoms. The molecule has 0 heterocycles. The summed E-state index contributed by atoms with van der Waals surface area (Å²) in [6.07, 6.45) is 5.08. The Labute approximate surface area is 124 Å². The van der Waals surface area contributed by atoms with Crippen molar-refractivity contribution in [2.75, 3.05) is 13.1 Å². The van der Waals surface area contributed by atoms with Gasteiger partial charge in [-0.3, -0.25) is 0 Å². The van der Waals surface area contributed by atoms with Crippen LogP contribution in [-0.4, -0.2) is 19.2 Å². The van der Waals surface area contributed by atoms with Crippen LogP contribution in [0.3, 0.4) is 0 Å². The fourth-order valence-electron chi connectivity index (χ4n) is 2.12. The standard InChI is InChI=1S/C18H31NO/c1-5-7-8-16-9-11-17(12-10-16)20-18(15(3)4)14-19-13-6-2/h9-12,15,18-19H,5-8,13-14H2,1-4H3. The van der Waals surface area contributed by atoms with Gasteiger partial charge in [0.2, 0.25) is 0 Å². The molecule has 1 rings (SSSR count). The van der Waals surface area contributed by atoms with Crippen LogP contribution in [0.1, 0.15) is 52.5 Å². The van der Waals surface area contributed by atoms with Crippen LogP contribution in [0.15, 0.2) is 24.3 Å². The maximum absolute atomic E-state index is 6.12. The Bertz CT molecular complexity index is 345. The number of nitrogens with one attached hydrogen (secondary N) is 1. The normalized spacial score (nSPS) is 12.7. The fourth-order valence-corrected chi connectivity index (χ4v) is 2.12. The van der Waals surface area contributed by atoms with Gasteiger partial charge in [0, 0.05) is 6.54 Å². The lowest BCUT2D eigenvalue weighted by molar-refractivity contribution is 0.149. The van der Waals surface area contributed by atoms with Crippen LogP contribution in [0.5, 0.6) is 5.75 Å². The second-order valence-electron chi connectivity index (χ2n) is 5.85. The van der Waals surface area contributed by atoms with Crippen LogP contribution in [-0.2, 0) is 6.42 Å². The summed E-state index contributed by atoms with van der Waals surface area (Å²) < 4.78 is 6.12. The van der Waals surface area contributed by atoms with E-state index in [1.54, 1.807) is 0 Å². The van der Waals surface area contributed by atoms with E-state index in [1.807, 2.05) is 0 Å². The van der Waals surface area contributed by atoms with E-state index in [2.05, 4.69) is 57.3 Å². The second-order valence-corrected chi connectivity index (χ2v) is 5.85. The van der Waals surface area contributed by atoms with Gasteiger partial charge in [0.25, 0.3) is 0 Å². The molecule has 1 aromatic carbocycles. The summed E-state index contributed by atoms with van der Waals surface area (Å²) in [4.78, 5) is 0. The molecule has 0 radical (unpaired) electrons. The van der Waals surface area contributed by atoms with Crippen LogP contribution in [0.2, 0.25) is 0 Å². The molecule has 0 aliphatic heterocycles. The van der Waals surface area contributed by atoms with Crippen molar-refractivity contribution >= 4 is 0 Å². The minimum absolute atomic E-state index is 0.239. The minimum Gasteiger partial charge on any atom is -0.489 e. The highest BCUT2D eigenvalue weighted by molar-refractivity contribution is 5.27. The minimum atomic E-state index is 0.239. The van der Waals surface area contributed by atoms with Crippen molar-refractivity contribution in [3.05, 3.63) is 29.8 Å². The Balaban J connectivity index is 2.50. The molecule has 114 valence electrons. The van der Waals surface area contributed by atoms with Crippen LogP contribution >= 0.6 is 0 Å². The first-order valence-corrected chi connectivity index (χ1v) is 8.13. The van der Waals surface area contributed by atoms with E-state index in [0.29, 0.717) is 5.92 Å². The quantitative estimate of drug-likeness (QED) is 0.639. The van der Waals surface area contributed by atoms with Gasteiger partial charge in [-0.2, -0.15) is 0 Å². The monoisotopic (exact) mass is 277 g/mol. The first-order valence-electron chi connectivity index (χ1n) is 8.13. The zero-order valence-electron chi connectivity index (χ0n) is 13.6. The summed E-state index contributed by atoms with van der Waals surface area (Å²) in [5.74, 6) is 1.50. The summed E-state index contributed by atoms with van der Waals surface area (Å²) >= 11 is 0. The number of aryl methyl sites for hydroxylation is 1. The summed E-state index contributed by atoms with van der Waals surface area (Å²) in [5.41, 5.74) is 1.41. The van der Waals surface area contributed by atoms with Crippen molar-refractivity contribution in [2.45, 2.75) is 59.5 Å². The van der Waals surface area contributed by atoms with Crippen molar-refractivity contribution in [1.29, 1.82) is 0 Å². The topological polar surface area (TPSA) is 21.3 Å². The molecular weight excluding hydrogens is 246 g/mol. The van der Waals surface area contributed by atoms with Crippen LogP contribution in [0.4, 0.5) is 0 Å².